The first-order chi connectivity index (χ1) is 12.6. The van der Waals surface area contributed by atoms with Crippen molar-refractivity contribution in [3.63, 3.8) is 0 Å². The largest absolute Gasteiger partial charge is 0.410 e. The fourth-order valence-electron chi connectivity index (χ4n) is 2.60. The molecule has 26 heavy (non-hydrogen) atoms. The highest BCUT2D eigenvalue weighted by Gasteiger charge is 2.29. The maximum Gasteiger partial charge on any atom is 0.118 e. The molecule has 0 aromatic heterocycles. The van der Waals surface area contributed by atoms with Crippen LogP contribution >= 0.6 is 0 Å². The number of oxime groups is 1. The van der Waals surface area contributed by atoms with Crippen molar-refractivity contribution in [3.8, 4) is 0 Å². The highest BCUT2D eigenvalue weighted by Crippen LogP contribution is 2.40. The standard InChI is InChI=1S/C20H23NO.2C2H6/c1-7-12-17-15(10-4)16(11-5)19(14(6)9-3)18(13-8-2)20(17)21-22;2*1-2/h7-13,22H,1,3,6H2,2,4-5H3;2*1-2H3/b13-8-,15-10-,16-11-,17-12+,21-20-;;. The van der Waals surface area contributed by atoms with Gasteiger partial charge in [-0.15, -0.1) is 0 Å². The van der Waals surface area contributed by atoms with Crippen LogP contribution in [0.1, 0.15) is 48.5 Å². The molecule has 0 bridgehead atoms. The molecule has 0 amide bonds. The van der Waals surface area contributed by atoms with Crippen molar-refractivity contribution in [2.45, 2.75) is 48.5 Å². The summed E-state index contributed by atoms with van der Waals surface area (Å²) < 4.78 is 0. The van der Waals surface area contributed by atoms with Crippen LogP contribution in [0.25, 0.3) is 0 Å². The SMILES string of the molecule is C=C/C=C1\C(=C/C)\C(=C\C)C(C(=C)C=C)=C(/C=C\C)\C1=N/O.CC.CC. The first-order valence-electron chi connectivity index (χ1n) is 9.19. The van der Waals surface area contributed by atoms with E-state index < -0.39 is 0 Å². The lowest BCUT2D eigenvalue weighted by Gasteiger charge is -2.28. The Balaban J connectivity index is 0. The third kappa shape index (κ3) is 5.73. The summed E-state index contributed by atoms with van der Waals surface area (Å²) in [5.41, 5.74) is 5.91. The molecule has 0 heterocycles. The molecule has 0 unspecified atom stereocenters. The zero-order valence-corrected chi connectivity index (χ0v) is 17.6. The van der Waals surface area contributed by atoms with E-state index in [-0.39, 0.29) is 0 Å². The molecule has 0 saturated heterocycles. The topological polar surface area (TPSA) is 32.6 Å². The molecule has 1 aliphatic rings. The van der Waals surface area contributed by atoms with Gasteiger partial charge >= 0.3 is 0 Å². The maximum absolute atomic E-state index is 9.57. The number of rotatable bonds is 4. The molecule has 0 radical (unpaired) electrons. The number of allylic oxidation sites excluding steroid dienone is 13. The number of hydrogen-bond acceptors (Lipinski definition) is 2. The Morgan fingerprint density at radius 3 is 1.81 bits per heavy atom. The number of hydrogen-bond donors (Lipinski definition) is 1. The van der Waals surface area contributed by atoms with Crippen molar-refractivity contribution < 1.29 is 5.21 Å². The molecule has 1 rings (SSSR count). The summed E-state index contributed by atoms with van der Waals surface area (Å²) in [6.07, 6.45) is 13.1. The van der Waals surface area contributed by atoms with Crippen LogP contribution in [0.15, 0.2) is 101 Å². The third-order valence-corrected chi connectivity index (χ3v) is 3.49. The van der Waals surface area contributed by atoms with Crippen molar-refractivity contribution in [1.82, 2.24) is 0 Å². The molecular weight excluding hydrogens is 318 g/mol. The minimum Gasteiger partial charge on any atom is -0.410 e. The van der Waals surface area contributed by atoms with Crippen molar-refractivity contribution in [2.24, 2.45) is 5.16 Å². The van der Waals surface area contributed by atoms with E-state index in [1.165, 1.54) is 0 Å². The lowest BCUT2D eigenvalue weighted by atomic mass is 9.75. The summed E-state index contributed by atoms with van der Waals surface area (Å²) in [5, 5.41) is 13.1. The van der Waals surface area contributed by atoms with Crippen molar-refractivity contribution in [2.75, 3.05) is 0 Å². The van der Waals surface area contributed by atoms with Gasteiger partial charge in [-0.25, -0.2) is 0 Å². The van der Waals surface area contributed by atoms with Crippen LogP contribution in [-0.2, 0) is 0 Å². The molecule has 0 aromatic rings. The van der Waals surface area contributed by atoms with E-state index in [1.807, 2.05) is 78.8 Å². The molecule has 1 aliphatic carbocycles. The first kappa shape index (κ1) is 25.6. The molecule has 142 valence electrons. The van der Waals surface area contributed by atoms with Crippen LogP contribution in [0.5, 0.6) is 0 Å². The van der Waals surface area contributed by atoms with Gasteiger partial charge < -0.3 is 5.21 Å². The summed E-state index contributed by atoms with van der Waals surface area (Å²) in [6.45, 7) is 25.5. The molecule has 0 aliphatic heterocycles. The monoisotopic (exact) mass is 353 g/mol. The van der Waals surface area contributed by atoms with Gasteiger partial charge in [0.15, 0.2) is 0 Å². The summed E-state index contributed by atoms with van der Waals surface area (Å²) in [5.74, 6) is 0. The fourth-order valence-corrected chi connectivity index (χ4v) is 2.60. The van der Waals surface area contributed by atoms with Gasteiger partial charge in [-0.2, -0.15) is 0 Å². The van der Waals surface area contributed by atoms with E-state index >= 15 is 0 Å². The van der Waals surface area contributed by atoms with Gasteiger partial charge in [0.05, 0.1) is 0 Å². The quantitative estimate of drug-likeness (QED) is 0.317. The average molecular weight is 354 g/mol. The first-order valence-corrected chi connectivity index (χ1v) is 9.19. The lowest BCUT2D eigenvalue weighted by Crippen LogP contribution is -2.19. The van der Waals surface area contributed by atoms with Crippen molar-refractivity contribution >= 4 is 5.71 Å². The van der Waals surface area contributed by atoms with E-state index in [0.29, 0.717) is 5.71 Å². The Bertz CT molecular complexity index is 677. The molecular formula is C24H35NO. The normalized spacial score (nSPS) is 20.0. The molecule has 0 fully saturated rings. The lowest BCUT2D eigenvalue weighted by molar-refractivity contribution is 0.319. The van der Waals surface area contributed by atoms with Crippen molar-refractivity contribution in [1.29, 1.82) is 0 Å². The highest BCUT2D eigenvalue weighted by molar-refractivity contribution is 6.20. The van der Waals surface area contributed by atoms with Crippen molar-refractivity contribution in [3.05, 3.63) is 95.7 Å². The van der Waals surface area contributed by atoms with Crippen LogP contribution in [0.2, 0.25) is 0 Å². The van der Waals surface area contributed by atoms with E-state index in [1.54, 1.807) is 12.2 Å². The van der Waals surface area contributed by atoms with E-state index in [4.69, 9.17) is 0 Å². The second-order valence-corrected chi connectivity index (χ2v) is 4.69. The Labute approximate surface area is 160 Å². The molecule has 0 aromatic carbocycles. The highest BCUT2D eigenvalue weighted by atomic mass is 16.4. The van der Waals surface area contributed by atoms with Gasteiger partial charge in [0.2, 0.25) is 0 Å². The van der Waals surface area contributed by atoms with Gasteiger partial charge in [-0.1, -0.05) is 95.1 Å². The van der Waals surface area contributed by atoms with Crippen LogP contribution < -0.4 is 0 Å². The summed E-state index contributed by atoms with van der Waals surface area (Å²) in [6, 6.07) is 0. The Kier molecular flexibility index (Phi) is 14.5. The molecule has 2 nitrogen and oxygen atoms in total. The van der Waals surface area contributed by atoms with Gasteiger partial charge in [0, 0.05) is 11.1 Å². The molecule has 0 saturated carbocycles. The second kappa shape index (κ2) is 14.7. The summed E-state index contributed by atoms with van der Waals surface area (Å²) >= 11 is 0. The van der Waals surface area contributed by atoms with E-state index in [0.717, 1.165) is 33.4 Å². The molecule has 2 heteroatoms. The minimum atomic E-state index is 0.509. The van der Waals surface area contributed by atoms with Gasteiger partial charge in [-0.05, 0) is 43.1 Å². The molecule has 0 spiro atoms. The fraction of sp³-hybridized carbons (Fsp3) is 0.292. The van der Waals surface area contributed by atoms with E-state index in [9.17, 15) is 5.21 Å². The molecule has 0 atom stereocenters. The van der Waals surface area contributed by atoms with Crippen LogP contribution in [0.4, 0.5) is 0 Å². The Morgan fingerprint density at radius 1 is 0.923 bits per heavy atom. The van der Waals surface area contributed by atoms with E-state index in [2.05, 4.69) is 24.9 Å². The minimum absolute atomic E-state index is 0.509. The average Bonchev–Trinajstić information content (AvgIpc) is 2.70. The van der Waals surface area contributed by atoms with Crippen LogP contribution in [-0.4, -0.2) is 10.9 Å². The second-order valence-electron chi connectivity index (χ2n) is 4.69. The zero-order valence-electron chi connectivity index (χ0n) is 17.6. The van der Waals surface area contributed by atoms with Gasteiger partial charge in [0.25, 0.3) is 0 Å². The Hall–Kier alpha value is -2.61. The predicted octanol–water partition coefficient (Wildman–Crippen LogP) is 7.50. The van der Waals surface area contributed by atoms with Gasteiger partial charge in [0.1, 0.15) is 5.71 Å². The zero-order chi connectivity index (χ0) is 20.7. The maximum atomic E-state index is 9.57. The molecule has 1 N–H and O–H groups in total. The predicted molar refractivity (Wildman–Crippen MR) is 119 cm³/mol. The van der Waals surface area contributed by atoms with Crippen LogP contribution in [0.3, 0.4) is 0 Å². The summed E-state index contributed by atoms with van der Waals surface area (Å²) in [7, 11) is 0. The van der Waals surface area contributed by atoms with Crippen LogP contribution in [0, 0.1) is 0 Å². The summed E-state index contributed by atoms with van der Waals surface area (Å²) in [4.78, 5) is 0. The third-order valence-electron chi connectivity index (χ3n) is 3.49. The van der Waals surface area contributed by atoms with Gasteiger partial charge in [-0.3, -0.25) is 0 Å². The smallest absolute Gasteiger partial charge is 0.118 e. The Morgan fingerprint density at radius 2 is 1.46 bits per heavy atom. The number of nitrogens with zero attached hydrogens (tertiary/aromatic N) is 1.